The van der Waals surface area contributed by atoms with E-state index in [4.69, 9.17) is 9.72 Å². The molecule has 1 amide bonds. The van der Waals surface area contributed by atoms with Crippen molar-refractivity contribution in [3.8, 4) is 0 Å². The van der Waals surface area contributed by atoms with Crippen LogP contribution in [0.5, 0.6) is 0 Å². The Labute approximate surface area is 156 Å². The van der Waals surface area contributed by atoms with Gasteiger partial charge in [0, 0.05) is 23.5 Å². The summed E-state index contributed by atoms with van der Waals surface area (Å²) in [6.45, 7) is 7.74. The molecule has 0 aromatic carbocycles. The Kier molecular flexibility index (Phi) is 5.68. The summed E-state index contributed by atoms with van der Waals surface area (Å²) in [6.07, 6.45) is 8.23. The van der Waals surface area contributed by atoms with E-state index < -0.39 is 5.60 Å². The largest absolute Gasteiger partial charge is 0.444 e. The van der Waals surface area contributed by atoms with E-state index in [-0.39, 0.29) is 12.1 Å². The van der Waals surface area contributed by atoms with Crippen LogP contribution in [0.25, 0.3) is 0 Å². The molecule has 6 nitrogen and oxygen atoms in total. The van der Waals surface area contributed by atoms with Gasteiger partial charge in [0.2, 0.25) is 5.95 Å². The maximum Gasteiger partial charge on any atom is 0.407 e. The summed E-state index contributed by atoms with van der Waals surface area (Å²) in [6, 6.07) is 0.557. The number of aromatic nitrogens is 2. The van der Waals surface area contributed by atoms with E-state index in [2.05, 4.69) is 22.5 Å². The predicted octanol–water partition coefficient (Wildman–Crippen LogP) is 3.91. The lowest BCUT2D eigenvalue weighted by atomic mass is 9.91. The number of carbonyl (C=O) groups is 1. The zero-order valence-electron chi connectivity index (χ0n) is 16.5. The smallest absolute Gasteiger partial charge is 0.407 e. The lowest BCUT2D eigenvalue weighted by Crippen LogP contribution is -2.42. The first kappa shape index (κ1) is 18.9. The van der Waals surface area contributed by atoms with Crippen molar-refractivity contribution in [2.24, 2.45) is 0 Å². The summed E-state index contributed by atoms with van der Waals surface area (Å²) in [5.41, 5.74) is 3.25. The molecule has 1 fully saturated rings. The molecule has 1 saturated carbocycles. The second-order valence-corrected chi connectivity index (χ2v) is 8.60. The molecular formula is C20H32N4O2. The summed E-state index contributed by atoms with van der Waals surface area (Å²) >= 11 is 0. The highest BCUT2D eigenvalue weighted by Gasteiger charge is 2.25. The Morgan fingerprint density at radius 2 is 1.69 bits per heavy atom. The molecular weight excluding hydrogens is 328 g/mol. The average molecular weight is 361 g/mol. The predicted molar refractivity (Wildman–Crippen MR) is 102 cm³/mol. The number of fused-ring (bicyclic) bond motifs is 1. The van der Waals surface area contributed by atoms with Gasteiger partial charge in [0.15, 0.2) is 0 Å². The van der Waals surface area contributed by atoms with Crippen molar-refractivity contribution < 1.29 is 9.53 Å². The quantitative estimate of drug-likeness (QED) is 0.854. The second kappa shape index (κ2) is 7.80. The Hall–Kier alpha value is -1.85. The number of aryl methyl sites for hydroxylation is 2. The second-order valence-electron chi connectivity index (χ2n) is 8.60. The lowest BCUT2D eigenvalue weighted by Gasteiger charge is -2.30. The molecule has 1 heterocycles. The molecule has 1 aromatic heterocycles. The zero-order valence-corrected chi connectivity index (χ0v) is 16.5. The normalized spacial score (nSPS) is 23.1. The van der Waals surface area contributed by atoms with Crippen LogP contribution in [0.2, 0.25) is 0 Å². The number of amides is 1. The maximum atomic E-state index is 11.9. The van der Waals surface area contributed by atoms with Crippen LogP contribution in [0, 0.1) is 6.92 Å². The number of nitrogens with zero attached hydrogens (tertiary/aromatic N) is 2. The number of alkyl carbamates (subject to hydrolysis) is 1. The van der Waals surface area contributed by atoms with Crippen molar-refractivity contribution in [3.05, 3.63) is 17.0 Å². The van der Waals surface area contributed by atoms with Crippen molar-refractivity contribution in [2.45, 2.75) is 96.7 Å². The third-order valence-electron chi connectivity index (χ3n) is 5.17. The van der Waals surface area contributed by atoms with Gasteiger partial charge >= 0.3 is 6.09 Å². The molecule has 0 aliphatic heterocycles. The van der Waals surface area contributed by atoms with Gasteiger partial charge in [-0.1, -0.05) is 0 Å². The topological polar surface area (TPSA) is 76.1 Å². The van der Waals surface area contributed by atoms with Gasteiger partial charge in [-0.25, -0.2) is 14.8 Å². The third-order valence-corrected chi connectivity index (χ3v) is 5.17. The van der Waals surface area contributed by atoms with E-state index in [9.17, 15) is 4.79 Å². The standard InChI is InChI=1S/C20H32N4O2/c1-13-16-7-5-6-8-17(16)24-18(21-13)22-14-9-11-15(12-10-14)23-19(25)26-20(2,3)4/h14-15H,5-12H2,1-4H3,(H,23,25)(H,21,22,24). The minimum absolute atomic E-state index is 0.189. The fraction of sp³-hybridized carbons (Fsp3) is 0.750. The Bertz CT molecular complexity index is 646. The number of anilines is 1. The fourth-order valence-corrected chi connectivity index (χ4v) is 3.89. The molecule has 26 heavy (non-hydrogen) atoms. The van der Waals surface area contributed by atoms with Crippen LogP contribution in [-0.2, 0) is 17.6 Å². The molecule has 6 heteroatoms. The monoisotopic (exact) mass is 360 g/mol. The zero-order chi connectivity index (χ0) is 18.7. The summed E-state index contributed by atoms with van der Waals surface area (Å²) in [7, 11) is 0. The number of ether oxygens (including phenoxy) is 1. The molecule has 144 valence electrons. The first-order valence-electron chi connectivity index (χ1n) is 9.92. The van der Waals surface area contributed by atoms with Crippen molar-refractivity contribution >= 4 is 12.0 Å². The van der Waals surface area contributed by atoms with Gasteiger partial charge in [0.25, 0.3) is 0 Å². The molecule has 0 bridgehead atoms. The van der Waals surface area contributed by atoms with Crippen LogP contribution in [0.15, 0.2) is 0 Å². The third kappa shape index (κ3) is 5.08. The molecule has 0 atom stereocenters. The number of rotatable bonds is 3. The van der Waals surface area contributed by atoms with Crippen molar-refractivity contribution in [2.75, 3.05) is 5.32 Å². The molecule has 2 aliphatic carbocycles. The highest BCUT2D eigenvalue weighted by atomic mass is 16.6. The molecule has 2 N–H and O–H groups in total. The Morgan fingerprint density at radius 1 is 1.04 bits per heavy atom. The van der Waals surface area contributed by atoms with Crippen molar-refractivity contribution in [1.82, 2.24) is 15.3 Å². The van der Waals surface area contributed by atoms with Gasteiger partial charge in [-0.05, 0) is 84.6 Å². The first-order chi connectivity index (χ1) is 12.3. The Morgan fingerprint density at radius 3 is 2.38 bits per heavy atom. The molecule has 1 aromatic rings. The fourth-order valence-electron chi connectivity index (χ4n) is 3.89. The van der Waals surface area contributed by atoms with Crippen LogP contribution < -0.4 is 10.6 Å². The molecule has 0 radical (unpaired) electrons. The minimum atomic E-state index is -0.454. The maximum absolute atomic E-state index is 11.9. The van der Waals surface area contributed by atoms with Gasteiger partial charge < -0.3 is 15.4 Å². The summed E-state index contributed by atoms with van der Waals surface area (Å²) in [5.74, 6) is 0.770. The first-order valence-corrected chi connectivity index (χ1v) is 9.92. The SMILES string of the molecule is Cc1nc(NC2CCC(NC(=O)OC(C)(C)C)CC2)nc2c1CCCC2. The number of hydrogen-bond donors (Lipinski definition) is 2. The van der Waals surface area contributed by atoms with Crippen molar-refractivity contribution in [3.63, 3.8) is 0 Å². The summed E-state index contributed by atoms with van der Waals surface area (Å²) in [5, 5.41) is 6.51. The molecule has 3 rings (SSSR count). The van der Waals surface area contributed by atoms with E-state index in [0.717, 1.165) is 50.2 Å². The van der Waals surface area contributed by atoms with E-state index in [1.165, 1.54) is 24.1 Å². The average Bonchev–Trinajstić information content (AvgIpc) is 2.55. The van der Waals surface area contributed by atoms with E-state index >= 15 is 0 Å². The number of nitrogens with one attached hydrogen (secondary N) is 2. The highest BCUT2D eigenvalue weighted by Crippen LogP contribution is 2.25. The molecule has 0 spiro atoms. The van der Waals surface area contributed by atoms with Crippen LogP contribution in [0.3, 0.4) is 0 Å². The number of carbonyl (C=O) groups excluding carboxylic acids is 1. The minimum Gasteiger partial charge on any atom is -0.444 e. The summed E-state index contributed by atoms with van der Waals surface area (Å²) in [4.78, 5) is 21.3. The van der Waals surface area contributed by atoms with Crippen LogP contribution >= 0.6 is 0 Å². The van der Waals surface area contributed by atoms with Gasteiger partial charge in [0.05, 0.1) is 0 Å². The molecule has 0 unspecified atom stereocenters. The van der Waals surface area contributed by atoms with E-state index in [1.54, 1.807) is 0 Å². The van der Waals surface area contributed by atoms with Crippen LogP contribution in [-0.4, -0.2) is 33.7 Å². The van der Waals surface area contributed by atoms with Crippen molar-refractivity contribution in [1.29, 1.82) is 0 Å². The van der Waals surface area contributed by atoms with E-state index in [0.29, 0.717) is 6.04 Å². The molecule has 0 saturated heterocycles. The Balaban J connectivity index is 1.50. The van der Waals surface area contributed by atoms with Gasteiger partial charge in [-0.3, -0.25) is 0 Å². The highest BCUT2D eigenvalue weighted by molar-refractivity contribution is 5.68. The molecule has 2 aliphatic rings. The van der Waals surface area contributed by atoms with Crippen LogP contribution in [0.4, 0.5) is 10.7 Å². The lowest BCUT2D eigenvalue weighted by molar-refractivity contribution is 0.0492. The van der Waals surface area contributed by atoms with Gasteiger partial charge in [-0.15, -0.1) is 0 Å². The van der Waals surface area contributed by atoms with Crippen LogP contribution in [0.1, 0.15) is 76.2 Å². The summed E-state index contributed by atoms with van der Waals surface area (Å²) < 4.78 is 5.34. The van der Waals surface area contributed by atoms with Gasteiger partial charge in [0.1, 0.15) is 5.60 Å². The van der Waals surface area contributed by atoms with E-state index in [1.807, 2.05) is 20.8 Å². The number of hydrogen-bond acceptors (Lipinski definition) is 5. The van der Waals surface area contributed by atoms with Gasteiger partial charge in [-0.2, -0.15) is 0 Å².